The van der Waals surface area contributed by atoms with Crippen molar-refractivity contribution in [2.45, 2.75) is 0 Å². The van der Waals surface area contributed by atoms with Gasteiger partial charge in [-0.05, 0) is 52.6 Å². The molecule has 0 aliphatic heterocycles. The van der Waals surface area contributed by atoms with E-state index in [0.29, 0.717) is 17.6 Å². The minimum atomic E-state index is 0.561. The Bertz CT molecular complexity index is 3570. The Hall–Kier alpha value is -8.41. The second kappa shape index (κ2) is 14.7. The summed E-state index contributed by atoms with van der Waals surface area (Å²) in [6, 6.07) is 79.2. The fourth-order valence-electron chi connectivity index (χ4n) is 9.16. The van der Waals surface area contributed by atoms with Gasteiger partial charge in [0.05, 0.1) is 27.8 Å². The molecule has 12 aromatic rings. The summed E-state index contributed by atoms with van der Waals surface area (Å²) < 4.78 is 4.61. The average Bonchev–Trinajstić information content (AvgIpc) is 3.88. The third-order valence-corrected chi connectivity index (χ3v) is 12.0. The lowest BCUT2D eigenvalue weighted by atomic mass is 10.0. The number of fused-ring (bicyclic) bond motifs is 6. The number of nitrogens with zero attached hydrogens (tertiary/aromatic N) is 5. The van der Waals surface area contributed by atoms with Crippen LogP contribution >= 0.6 is 0 Å². The minimum Gasteiger partial charge on any atom is -0.309 e. The maximum Gasteiger partial charge on any atom is 0.238 e. The van der Waals surface area contributed by atoms with E-state index in [4.69, 9.17) is 15.0 Å². The Balaban J connectivity index is 1.05. The molecular formula is C57H37N5. The molecule has 0 radical (unpaired) electrons. The lowest BCUT2D eigenvalue weighted by Crippen LogP contribution is -2.07. The summed E-state index contributed by atoms with van der Waals surface area (Å²) in [5.74, 6) is 1.76. The third kappa shape index (κ3) is 5.90. The molecule has 0 spiro atoms. The molecule has 0 atom stereocenters. The van der Waals surface area contributed by atoms with Crippen LogP contribution in [0.1, 0.15) is 0 Å². The van der Waals surface area contributed by atoms with Gasteiger partial charge in [0.2, 0.25) is 5.95 Å². The molecule has 0 aliphatic rings. The fraction of sp³-hybridized carbons (Fsp3) is 0. The number of hydrogen-bond donors (Lipinski definition) is 0. The monoisotopic (exact) mass is 791 g/mol. The zero-order valence-corrected chi connectivity index (χ0v) is 33.6. The van der Waals surface area contributed by atoms with Crippen LogP contribution in [0.5, 0.6) is 0 Å². The molecule has 12 rings (SSSR count). The molecule has 9 aromatic carbocycles. The maximum absolute atomic E-state index is 5.35. The number of rotatable bonds is 7. The summed E-state index contributed by atoms with van der Waals surface area (Å²) in [4.78, 5) is 15.9. The van der Waals surface area contributed by atoms with Crippen molar-refractivity contribution in [1.82, 2.24) is 24.1 Å². The Morgan fingerprint density at radius 1 is 0.274 bits per heavy atom. The van der Waals surface area contributed by atoms with Crippen LogP contribution in [0.25, 0.3) is 111 Å². The normalized spacial score (nSPS) is 11.5. The predicted octanol–water partition coefficient (Wildman–Crippen LogP) is 14.4. The van der Waals surface area contributed by atoms with Gasteiger partial charge in [0.15, 0.2) is 11.6 Å². The highest BCUT2D eigenvalue weighted by molar-refractivity contribution is 6.14. The van der Waals surface area contributed by atoms with E-state index < -0.39 is 0 Å². The van der Waals surface area contributed by atoms with Gasteiger partial charge in [0, 0.05) is 43.8 Å². The molecule has 5 heteroatoms. The quantitative estimate of drug-likeness (QED) is 0.162. The highest BCUT2D eigenvalue weighted by Gasteiger charge is 2.21. The van der Waals surface area contributed by atoms with Crippen LogP contribution in [0.15, 0.2) is 224 Å². The van der Waals surface area contributed by atoms with Gasteiger partial charge in [-0.2, -0.15) is 9.97 Å². The second-order valence-electron chi connectivity index (χ2n) is 15.6. The van der Waals surface area contributed by atoms with Crippen molar-refractivity contribution in [3.8, 4) is 67.8 Å². The lowest BCUT2D eigenvalue weighted by molar-refractivity contribution is 0.954. The summed E-state index contributed by atoms with van der Waals surface area (Å²) in [6.07, 6.45) is 0. The molecule has 0 N–H and O–H groups in total. The third-order valence-electron chi connectivity index (χ3n) is 12.0. The van der Waals surface area contributed by atoms with E-state index in [2.05, 4.69) is 228 Å². The number of benzene rings is 9. The summed E-state index contributed by atoms with van der Waals surface area (Å²) in [5.41, 5.74) is 14.1. The first-order chi connectivity index (χ1) is 30.8. The predicted molar refractivity (Wildman–Crippen MR) is 256 cm³/mol. The molecule has 0 unspecified atom stereocenters. The molecule has 5 nitrogen and oxygen atoms in total. The van der Waals surface area contributed by atoms with Crippen molar-refractivity contribution < 1.29 is 0 Å². The van der Waals surface area contributed by atoms with Gasteiger partial charge >= 0.3 is 0 Å². The molecule has 0 aliphatic carbocycles. The van der Waals surface area contributed by atoms with Crippen LogP contribution in [0.3, 0.4) is 0 Å². The zero-order valence-electron chi connectivity index (χ0n) is 33.6. The first-order valence-electron chi connectivity index (χ1n) is 21.0. The van der Waals surface area contributed by atoms with Crippen LogP contribution in [0.2, 0.25) is 0 Å². The van der Waals surface area contributed by atoms with Crippen LogP contribution in [-0.2, 0) is 0 Å². The Morgan fingerprint density at radius 2 is 0.726 bits per heavy atom. The first kappa shape index (κ1) is 35.5. The highest BCUT2D eigenvalue weighted by atomic mass is 15.2. The van der Waals surface area contributed by atoms with E-state index in [9.17, 15) is 0 Å². The van der Waals surface area contributed by atoms with E-state index >= 15 is 0 Å². The number of aromatic nitrogens is 5. The highest BCUT2D eigenvalue weighted by Crippen LogP contribution is 2.40. The minimum absolute atomic E-state index is 0.561. The molecular weight excluding hydrogens is 755 g/mol. The second-order valence-corrected chi connectivity index (χ2v) is 15.6. The molecule has 3 heterocycles. The fourth-order valence-corrected chi connectivity index (χ4v) is 9.16. The Labute approximate surface area is 358 Å². The number of hydrogen-bond acceptors (Lipinski definition) is 3. The largest absolute Gasteiger partial charge is 0.309 e. The SMILES string of the molecule is c1ccc(-c2cccc(-c3nc(-c4ccc(-c5ccccc5-n5c6ccccc6c6ccccc65)cc4)nc(-n4c5ccccc5c5cccc(-c6ccccc6)c54)n3)c2)cc1. The van der Waals surface area contributed by atoms with E-state index in [1.807, 2.05) is 6.07 Å². The van der Waals surface area contributed by atoms with Crippen molar-refractivity contribution in [2.75, 3.05) is 0 Å². The molecule has 0 saturated heterocycles. The topological polar surface area (TPSA) is 48.5 Å². The molecule has 0 saturated carbocycles. The molecule has 0 bridgehead atoms. The molecule has 3 aromatic heterocycles. The lowest BCUT2D eigenvalue weighted by Gasteiger charge is -2.15. The Morgan fingerprint density at radius 3 is 1.42 bits per heavy atom. The van der Waals surface area contributed by atoms with Gasteiger partial charge in [0.25, 0.3) is 0 Å². The average molecular weight is 792 g/mol. The van der Waals surface area contributed by atoms with Gasteiger partial charge in [-0.3, -0.25) is 4.57 Å². The summed E-state index contributed by atoms with van der Waals surface area (Å²) in [5, 5.41) is 4.76. The van der Waals surface area contributed by atoms with Gasteiger partial charge in [-0.1, -0.05) is 194 Å². The Kier molecular flexibility index (Phi) is 8.42. The molecule has 62 heavy (non-hydrogen) atoms. The van der Waals surface area contributed by atoms with Crippen molar-refractivity contribution in [1.29, 1.82) is 0 Å². The summed E-state index contributed by atoms with van der Waals surface area (Å²) in [7, 11) is 0. The van der Waals surface area contributed by atoms with Crippen LogP contribution < -0.4 is 0 Å². The van der Waals surface area contributed by atoms with Gasteiger partial charge in [-0.25, -0.2) is 4.98 Å². The summed E-state index contributed by atoms with van der Waals surface area (Å²) in [6.45, 7) is 0. The van der Waals surface area contributed by atoms with E-state index in [-0.39, 0.29) is 0 Å². The van der Waals surface area contributed by atoms with Crippen LogP contribution in [0, 0.1) is 0 Å². The van der Waals surface area contributed by atoms with Gasteiger partial charge in [0.1, 0.15) is 0 Å². The van der Waals surface area contributed by atoms with Crippen molar-refractivity contribution >= 4 is 43.6 Å². The van der Waals surface area contributed by atoms with E-state index in [1.165, 1.54) is 21.8 Å². The molecule has 0 fully saturated rings. The van der Waals surface area contributed by atoms with E-state index in [1.54, 1.807) is 0 Å². The van der Waals surface area contributed by atoms with E-state index in [0.717, 1.165) is 72.0 Å². The maximum atomic E-state index is 5.35. The smallest absolute Gasteiger partial charge is 0.238 e. The van der Waals surface area contributed by atoms with Crippen LogP contribution in [0.4, 0.5) is 0 Å². The van der Waals surface area contributed by atoms with Crippen molar-refractivity contribution in [3.63, 3.8) is 0 Å². The first-order valence-corrected chi connectivity index (χ1v) is 21.0. The van der Waals surface area contributed by atoms with Gasteiger partial charge in [-0.15, -0.1) is 0 Å². The number of para-hydroxylation sites is 5. The zero-order chi connectivity index (χ0) is 41.0. The van der Waals surface area contributed by atoms with Crippen LogP contribution in [-0.4, -0.2) is 24.1 Å². The van der Waals surface area contributed by atoms with Gasteiger partial charge < -0.3 is 4.57 Å². The van der Waals surface area contributed by atoms with Crippen molar-refractivity contribution in [2.24, 2.45) is 0 Å². The standard InChI is InChI=1S/C57H37N5/c1-3-17-38(18-4-1)42-21-15-22-43(37-42)56-58-55(59-57(60-56)62-53-32-14-10-26-48(53)49-28-16-27-45(54(49)62)39-19-5-2-6-20-39)41-35-33-40(34-36-41)44-23-7-11-29-50(44)61-51-30-12-8-24-46(51)47-25-9-13-31-52(47)61/h1-37H. The molecule has 0 amide bonds. The summed E-state index contributed by atoms with van der Waals surface area (Å²) >= 11 is 0. The molecule has 290 valence electrons. The van der Waals surface area contributed by atoms with Crippen molar-refractivity contribution in [3.05, 3.63) is 224 Å².